The average Bonchev–Trinajstić information content (AvgIpc) is 2.48. The highest BCUT2D eigenvalue weighted by Crippen LogP contribution is 2.12. The third-order valence-electron chi connectivity index (χ3n) is 2.73. The zero-order chi connectivity index (χ0) is 16.5. The maximum absolute atomic E-state index is 12.8. The maximum Gasteiger partial charge on any atom is 0.315 e. The average molecular weight is 326 g/mol. The molecular formula is C14H16FN2O4P. The Labute approximate surface area is 129 Å². The van der Waals surface area contributed by atoms with Gasteiger partial charge in [0.1, 0.15) is 20.8 Å². The molecule has 1 aromatic carbocycles. The van der Waals surface area contributed by atoms with Crippen LogP contribution in [0.1, 0.15) is 30.1 Å². The number of nitrogens with one attached hydrogen (secondary N) is 1. The fourth-order valence-electron chi connectivity index (χ4n) is 1.64. The van der Waals surface area contributed by atoms with Gasteiger partial charge in [0.25, 0.3) is 0 Å². The third-order valence-corrected chi connectivity index (χ3v) is 3.39. The van der Waals surface area contributed by atoms with E-state index in [1.165, 1.54) is 24.3 Å². The molecule has 0 saturated heterocycles. The van der Waals surface area contributed by atoms with E-state index in [4.69, 9.17) is 5.16 Å². The quantitative estimate of drug-likeness (QED) is 0.344. The number of halogens is 1. The summed E-state index contributed by atoms with van der Waals surface area (Å²) in [5.41, 5.74) is 0.334. The van der Waals surface area contributed by atoms with Gasteiger partial charge in [-0.1, -0.05) is 0 Å². The van der Waals surface area contributed by atoms with Gasteiger partial charge in [-0.25, -0.2) is 4.39 Å². The normalized spacial score (nSPS) is 10.3. The molecule has 0 spiro atoms. The van der Waals surface area contributed by atoms with Gasteiger partial charge in [0.2, 0.25) is 5.91 Å². The first-order valence-corrected chi connectivity index (χ1v) is 7.44. The first-order valence-electron chi connectivity index (χ1n) is 6.60. The Morgan fingerprint density at radius 3 is 2.45 bits per heavy atom. The number of benzene rings is 1. The number of ketones is 1. The van der Waals surface area contributed by atoms with Crippen molar-refractivity contribution in [3.8, 4) is 0 Å². The molecule has 0 radical (unpaired) electrons. The zero-order valence-electron chi connectivity index (χ0n) is 12.0. The number of hydrogen-bond acceptors (Lipinski definition) is 5. The van der Waals surface area contributed by atoms with Crippen LogP contribution in [-0.4, -0.2) is 35.5 Å². The fraction of sp³-hybridized carbons (Fsp3) is 0.357. The number of esters is 1. The highest BCUT2D eigenvalue weighted by atomic mass is 31.1. The Morgan fingerprint density at radius 1 is 1.27 bits per heavy atom. The molecule has 0 bridgehead atoms. The van der Waals surface area contributed by atoms with E-state index in [0.717, 1.165) is 4.67 Å². The fourth-order valence-corrected chi connectivity index (χ4v) is 2.03. The zero-order valence-corrected chi connectivity index (χ0v) is 12.9. The first kappa shape index (κ1) is 17.9. The summed E-state index contributed by atoms with van der Waals surface area (Å²) in [4.78, 5) is 34.9. The number of nitrogens with zero attached hydrogens (tertiary/aromatic N) is 1. The van der Waals surface area contributed by atoms with E-state index in [1.54, 1.807) is 6.92 Å². The summed E-state index contributed by atoms with van der Waals surface area (Å²) < 4.78 is 18.5. The molecule has 22 heavy (non-hydrogen) atoms. The molecule has 0 aromatic heterocycles. The number of hydrogen-bond donors (Lipinski definition) is 1. The minimum Gasteiger partial charge on any atom is -0.466 e. The monoisotopic (exact) mass is 326 g/mol. The molecule has 0 saturated carbocycles. The molecular weight excluding hydrogens is 310 g/mol. The van der Waals surface area contributed by atoms with Crippen LogP contribution < -0.4 is 0 Å². The Kier molecular flexibility index (Phi) is 7.32. The second-order valence-electron chi connectivity index (χ2n) is 4.28. The Balaban J connectivity index is 2.54. The number of ether oxygens (including phenoxy) is 1. The molecule has 8 heteroatoms. The Morgan fingerprint density at radius 2 is 1.91 bits per heavy atom. The number of amides is 1. The lowest BCUT2D eigenvalue weighted by molar-refractivity contribution is -0.147. The van der Waals surface area contributed by atoms with Gasteiger partial charge in [0, 0.05) is 18.5 Å². The molecule has 0 aliphatic carbocycles. The summed E-state index contributed by atoms with van der Waals surface area (Å²) in [6.07, 6.45) is -0.462. The van der Waals surface area contributed by atoms with Gasteiger partial charge < -0.3 is 4.74 Å². The molecule has 1 amide bonds. The summed E-state index contributed by atoms with van der Waals surface area (Å²) in [7, 11) is -0.104. The summed E-state index contributed by atoms with van der Waals surface area (Å²) in [6.45, 7) is 1.82. The van der Waals surface area contributed by atoms with E-state index in [2.05, 4.69) is 4.74 Å². The minimum absolute atomic E-state index is 0.00786. The second-order valence-corrected chi connectivity index (χ2v) is 4.96. The van der Waals surface area contributed by atoms with Crippen LogP contribution in [-0.2, 0) is 14.3 Å². The van der Waals surface area contributed by atoms with Crippen LogP contribution in [0.2, 0.25) is 0 Å². The van der Waals surface area contributed by atoms with Gasteiger partial charge in [0.05, 0.1) is 6.61 Å². The molecule has 0 heterocycles. The van der Waals surface area contributed by atoms with E-state index >= 15 is 0 Å². The smallest absolute Gasteiger partial charge is 0.315 e. The lowest BCUT2D eigenvalue weighted by atomic mass is 10.1. The van der Waals surface area contributed by atoms with Crippen molar-refractivity contribution in [3.05, 3.63) is 35.6 Å². The first-order chi connectivity index (χ1) is 10.5. The SMILES string of the molecule is CCOC(=O)CC(=O)N(CCC(=O)c1ccc(F)cc1)P=N. The molecule has 6 nitrogen and oxygen atoms in total. The Hall–Kier alpha value is -2.14. The summed E-state index contributed by atoms with van der Waals surface area (Å²) >= 11 is 0. The van der Waals surface area contributed by atoms with Crippen LogP contribution in [0.3, 0.4) is 0 Å². The maximum atomic E-state index is 12.8. The van der Waals surface area contributed by atoms with Crippen LogP contribution >= 0.6 is 8.52 Å². The Bertz CT molecular complexity index is 562. The van der Waals surface area contributed by atoms with Crippen molar-refractivity contribution in [1.82, 2.24) is 4.67 Å². The van der Waals surface area contributed by atoms with Crippen molar-refractivity contribution in [3.63, 3.8) is 0 Å². The number of carbonyl (C=O) groups is 3. The molecule has 0 aliphatic rings. The van der Waals surface area contributed by atoms with Crippen LogP contribution in [0.4, 0.5) is 4.39 Å². The number of carbonyl (C=O) groups excluding carboxylic acids is 3. The van der Waals surface area contributed by atoms with Crippen molar-refractivity contribution in [2.75, 3.05) is 13.2 Å². The van der Waals surface area contributed by atoms with Crippen molar-refractivity contribution in [1.29, 1.82) is 5.16 Å². The van der Waals surface area contributed by atoms with Crippen molar-refractivity contribution < 1.29 is 23.5 Å². The third kappa shape index (κ3) is 5.69. The molecule has 0 aliphatic heterocycles. The van der Waals surface area contributed by atoms with Crippen molar-refractivity contribution >= 4 is 26.2 Å². The molecule has 118 valence electrons. The topological polar surface area (TPSA) is 87.5 Å². The van der Waals surface area contributed by atoms with Crippen LogP contribution in [0.25, 0.3) is 0 Å². The van der Waals surface area contributed by atoms with Crippen LogP contribution in [0, 0.1) is 11.0 Å². The van der Waals surface area contributed by atoms with E-state index in [9.17, 15) is 18.8 Å². The molecule has 1 rings (SSSR count). The lowest BCUT2D eigenvalue weighted by Crippen LogP contribution is -2.27. The van der Waals surface area contributed by atoms with Crippen molar-refractivity contribution in [2.45, 2.75) is 19.8 Å². The largest absolute Gasteiger partial charge is 0.466 e. The number of rotatable bonds is 8. The van der Waals surface area contributed by atoms with E-state index < -0.39 is 24.1 Å². The van der Waals surface area contributed by atoms with Gasteiger partial charge in [-0.05, 0) is 31.2 Å². The molecule has 0 unspecified atom stereocenters. The van der Waals surface area contributed by atoms with Gasteiger partial charge in [-0.2, -0.15) is 0 Å². The molecule has 0 fully saturated rings. The van der Waals surface area contributed by atoms with Crippen molar-refractivity contribution in [2.24, 2.45) is 0 Å². The van der Waals surface area contributed by atoms with Gasteiger partial charge in [-0.15, -0.1) is 0 Å². The highest BCUT2D eigenvalue weighted by molar-refractivity contribution is 7.23. The molecule has 0 atom stereocenters. The summed E-state index contributed by atoms with van der Waals surface area (Å²) in [5, 5.41) is 7.28. The van der Waals surface area contributed by atoms with Gasteiger partial charge >= 0.3 is 5.97 Å². The summed E-state index contributed by atoms with van der Waals surface area (Å²) in [5.74, 6) is -1.93. The molecule has 1 aromatic rings. The van der Waals surface area contributed by atoms with E-state index in [1.807, 2.05) is 0 Å². The van der Waals surface area contributed by atoms with E-state index in [-0.39, 0.29) is 33.9 Å². The van der Waals surface area contributed by atoms with Crippen LogP contribution in [0.5, 0.6) is 0 Å². The second kappa shape index (κ2) is 9.00. The minimum atomic E-state index is -0.661. The predicted molar refractivity (Wildman–Crippen MR) is 78.0 cm³/mol. The molecule has 1 N–H and O–H groups in total. The standard InChI is InChI=1S/C14H16FN2O4P/c1-2-21-14(20)9-13(19)17(22-16)8-7-12(18)10-3-5-11(15)6-4-10/h3-6,16H,2,7-9H2,1H3. The van der Waals surface area contributed by atoms with Gasteiger partial charge in [-0.3, -0.25) is 24.2 Å². The predicted octanol–water partition coefficient (Wildman–Crippen LogP) is 2.80. The number of Topliss-reactive ketones (excluding diaryl/α,β-unsaturated/α-hetero) is 1. The van der Waals surface area contributed by atoms with Gasteiger partial charge in [0.15, 0.2) is 5.78 Å². The lowest BCUT2D eigenvalue weighted by Gasteiger charge is -2.14. The highest BCUT2D eigenvalue weighted by Gasteiger charge is 2.18. The van der Waals surface area contributed by atoms with E-state index in [0.29, 0.717) is 5.56 Å². The summed E-state index contributed by atoms with van der Waals surface area (Å²) in [6, 6.07) is 5.08. The van der Waals surface area contributed by atoms with Crippen LogP contribution in [0.15, 0.2) is 24.3 Å².